The van der Waals surface area contributed by atoms with Crippen LogP contribution in [0, 0.1) is 5.92 Å². The number of Topliss-reactive ketones (excluding diaryl/α,β-unsaturated/α-hetero) is 1. The van der Waals surface area contributed by atoms with E-state index in [4.69, 9.17) is 0 Å². The molecule has 0 aromatic carbocycles. The molecule has 0 saturated heterocycles. The van der Waals surface area contributed by atoms with Crippen LogP contribution in [0.15, 0.2) is 0 Å². The van der Waals surface area contributed by atoms with Gasteiger partial charge in [0.2, 0.25) is 0 Å². The zero-order valence-electron chi connectivity index (χ0n) is 9.17. The zero-order chi connectivity index (χ0) is 10.4. The van der Waals surface area contributed by atoms with Crippen molar-refractivity contribution in [3.8, 4) is 0 Å². The highest BCUT2D eigenvalue weighted by Crippen LogP contribution is 2.27. The van der Waals surface area contributed by atoms with Gasteiger partial charge in [0.15, 0.2) is 0 Å². The van der Waals surface area contributed by atoms with Crippen molar-refractivity contribution in [3.05, 3.63) is 0 Å². The normalized spacial score (nSPS) is 20.7. The van der Waals surface area contributed by atoms with Gasteiger partial charge < -0.3 is 5.11 Å². The molecule has 0 spiro atoms. The molecule has 0 aliphatic heterocycles. The fourth-order valence-corrected chi connectivity index (χ4v) is 2.30. The summed E-state index contributed by atoms with van der Waals surface area (Å²) in [7, 11) is 0. The average molecular weight is 198 g/mol. The van der Waals surface area contributed by atoms with E-state index >= 15 is 0 Å². The number of ketones is 1. The maximum atomic E-state index is 11.3. The van der Waals surface area contributed by atoms with Crippen LogP contribution in [0.2, 0.25) is 0 Å². The first kappa shape index (κ1) is 11.7. The predicted molar refractivity (Wildman–Crippen MR) is 57.1 cm³/mol. The smallest absolute Gasteiger partial charge is 0.135 e. The molecule has 14 heavy (non-hydrogen) atoms. The molecule has 1 aliphatic carbocycles. The highest BCUT2D eigenvalue weighted by atomic mass is 16.3. The van der Waals surface area contributed by atoms with E-state index in [1.54, 1.807) is 0 Å². The molecule has 1 fully saturated rings. The quantitative estimate of drug-likeness (QED) is 0.737. The monoisotopic (exact) mass is 198 g/mol. The van der Waals surface area contributed by atoms with Gasteiger partial charge in [0.25, 0.3) is 0 Å². The van der Waals surface area contributed by atoms with Gasteiger partial charge in [-0.05, 0) is 25.2 Å². The van der Waals surface area contributed by atoms with E-state index in [-0.39, 0.29) is 11.9 Å². The van der Waals surface area contributed by atoms with E-state index in [0.717, 1.165) is 19.3 Å². The van der Waals surface area contributed by atoms with Crippen molar-refractivity contribution in [2.75, 3.05) is 0 Å². The zero-order valence-corrected chi connectivity index (χ0v) is 9.17. The number of carbonyl (C=O) groups is 1. The van der Waals surface area contributed by atoms with Crippen molar-refractivity contribution in [2.45, 2.75) is 64.4 Å². The molecule has 1 atom stereocenters. The largest absolute Gasteiger partial charge is 0.392 e. The van der Waals surface area contributed by atoms with Gasteiger partial charge in [-0.2, -0.15) is 0 Å². The molecule has 2 nitrogen and oxygen atoms in total. The van der Waals surface area contributed by atoms with Crippen molar-refractivity contribution in [3.63, 3.8) is 0 Å². The first-order valence-corrected chi connectivity index (χ1v) is 5.93. The van der Waals surface area contributed by atoms with Gasteiger partial charge in [-0.15, -0.1) is 0 Å². The molecule has 2 heteroatoms. The molecule has 1 rings (SSSR count). The lowest BCUT2D eigenvalue weighted by Crippen LogP contribution is -2.25. The first-order valence-electron chi connectivity index (χ1n) is 5.93. The molecule has 0 aromatic rings. The van der Waals surface area contributed by atoms with Crippen molar-refractivity contribution in [1.29, 1.82) is 0 Å². The maximum Gasteiger partial charge on any atom is 0.135 e. The number of hydrogen-bond acceptors (Lipinski definition) is 2. The van der Waals surface area contributed by atoms with E-state index in [1.165, 1.54) is 19.3 Å². The number of hydrogen-bond donors (Lipinski definition) is 1. The van der Waals surface area contributed by atoms with Crippen LogP contribution in [0.5, 0.6) is 0 Å². The second kappa shape index (κ2) is 6.18. The molecule has 0 heterocycles. The third-order valence-corrected chi connectivity index (χ3v) is 3.16. The van der Waals surface area contributed by atoms with Crippen LogP contribution < -0.4 is 0 Å². The number of rotatable bonds is 5. The van der Waals surface area contributed by atoms with Gasteiger partial charge >= 0.3 is 0 Å². The Hall–Kier alpha value is -0.370. The van der Waals surface area contributed by atoms with Crippen LogP contribution in [-0.2, 0) is 4.79 Å². The molecule has 82 valence electrons. The van der Waals surface area contributed by atoms with Gasteiger partial charge in [-0.25, -0.2) is 0 Å². The van der Waals surface area contributed by atoms with E-state index in [0.29, 0.717) is 18.8 Å². The minimum absolute atomic E-state index is 0.227. The fraction of sp³-hybridized carbons (Fsp3) is 0.917. The van der Waals surface area contributed by atoms with E-state index in [1.807, 2.05) is 6.92 Å². The second-order valence-corrected chi connectivity index (χ2v) is 4.46. The maximum absolute atomic E-state index is 11.3. The SMILES string of the molecule is CCCC(=O)CC(O)C1CCCCC1. The minimum Gasteiger partial charge on any atom is -0.392 e. The molecule has 1 saturated carbocycles. The molecule has 0 radical (unpaired) electrons. The second-order valence-electron chi connectivity index (χ2n) is 4.46. The first-order chi connectivity index (χ1) is 6.74. The lowest BCUT2D eigenvalue weighted by atomic mass is 9.83. The molecule has 0 bridgehead atoms. The standard InChI is InChI=1S/C12H22O2/c1-2-6-11(13)9-12(14)10-7-4-3-5-8-10/h10,12,14H,2-9H2,1H3. The summed E-state index contributed by atoms with van der Waals surface area (Å²) in [5.41, 5.74) is 0. The number of aliphatic hydroxyl groups excluding tert-OH is 1. The molecule has 1 aliphatic rings. The van der Waals surface area contributed by atoms with Gasteiger partial charge in [-0.3, -0.25) is 4.79 Å². The van der Waals surface area contributed by atoms with Crippen molar-refractivity contribution < 1.29 is 9.90 Å². The summed E-state index contributed by atoms with van der Waals surface area (Å²) in [5, 5.41) is 9.85. The summed E-state index contributed by atoms with van der Waals surface area (Å²) in [6.07, 6.45) is 7.52. The Balaban J connectivity index is 2.25. The summed E-state index contributed by atoms with van der Waals surface area (Å²) in [5.74, 6) is 0.620. The number of carbonyl (C=O) groups excluding carboxylic acids is 1. The Morgan fingerprint density at radius 1 is 1.36 bits per heavy atom. The van der Waals surface area contributed by atoms with Gasteiger partial charge in [0, 0.05) is 12.8 Å². The minimum atomic E-state index is -0.366. The van der Waals surface area contributed by atoms with E-state index < -0.39 is 0 Å². The van der Waals surface area contributed by atoms with E-state index in [9.17, 15) is 9.90 Å². The Bertz CT molecular complexity index is 171. The molecular weight excluding hydrogens is 176 g/mol. The summed E-state index contributed by atoms with van der Waals surface area (Å²) in [6.45, 7) is 2.00. The van der Waals surface area contributed by atoms with Crippen molar-refractivity contribution in [2.24, 2.45) is 5.92 Å². The third kappa shape index (κ3) is 3.79. The summed E-state index contributed by atoms with van der Waals surface area (Å²) < 4.78 is 0. The van der Waals surface area contributed by atoms with Crippen LogP contribution in [0.25, 0.3) is 0 Å². The predicted octanol–water partition coefficient (Wildman–Crippen LogP) is 2.69. The van der Waals surface area contributed by atoms with Gasteiger partial charge in [-0.1, -0.05) is 26.2 Å². The third-order valence-electron chi connectivity index (χ3n) is 3.16. The number of aliphatic hydroxyl groups is 1. The Labute approximate surface area is 86.7 Å². The molecular formula is C12H22O2. The van der Waals surface area contributed by atoms with Gasteiger partial charge in [0.1, 0.15) is 5.78 Å². The summed E-state index contributed by atoms with van der Waals surface area (Å²) in [4.78, 5) is 11.3. The molecule has 1 N–H and O–H groups in total. The van der Waals surface area contributed by atoms with Crippen molar-refractivity contribution >= 4 is 5.78 Å². The highest BCUT2D eigenvalue weighted by molar-refractivity contribution is 5.78. The van der Waals surface area contributed by atoms with Crippen LogP contribution in [-0.4, -0.2) is 17.0 Å². The lowest BCUT2D eigenvalue weighted by molar-refractivity contribution is -0.121. The Kier molecular flexibility index (Phi) is 5.16. The average Bonchev–Trinajstić information content (AvgIpc) is 2.19. The molecule has 1 unspecified atom stereocenters. The van der Waals surface area contributed by atoms with E-state index in [2.05, 4.69) is 0 Å². The van der Waals surface area contributed by atoms with Crippen LogP contribution in [0.1, 0.15) is 58.3 Å². The lowest BCUT2D eigenvalue weighted by Gasteiger charge is -2.26. The van der Waals surface area contributed by atoms with Crippen molar-refractivity contribution in [1.82, 2.24) is 0 Å². The molecule has 0 amide bonds. The van der Waals surface area contributed by atoms with Gasteiger partial charge in [0.05, 0.1) is 6.10 Å². The molecule has 0 aromatic heterocycles. The summed E-state index contributed by atoms with van der Waals surface area (Å²) in [6, 6.07) is 0. The topological polar surface area (TPSA) is 37.3 Å². The van der Waals surface area contributed by atoms with Crippen LogP contribution in [0.4, 0.5) is 0 Å². The van der Waals surface area contributed by atoms with Crippen LogP contribution in [0.3, 0.4) is 0 Å². The highest BCUT2D eigenvalue weighted by Gasteiger charge is 2.23. The summed E-state index contributed by atoms with van der Waals surface area (Å²) >= 11 is 0. The van der Waals surface area contributed by atoms with Crippen LogP contribution >= 0.6 is 0 Å². The Morgan fingerprint density at radius 3 is 2.57 bits per heavy atom. The fourth-order valence-electron chi connectivity index (χ4n) is 2.30. The Morgan fingerprint density at radius 2 is 2.00 bits per heavy atom.